The molecule has 0 spiro atoms. The van der Waals surface area contributed by atoms with E-state index in [1.807, 2.05) is 18.7 Å². The molecule has 2 saturated heterocycles. The predicted molar refractivity (Wildman–Crippen MR) is 62.1 cm³/mol. The van der Waals surface area contributed by atoms with Crippen LogP contribution in [0.15, 0.2) is 0 Å². The molecule has 4 heteroatoms. The van der Waals surface area contributed by atoms with Crippen LogP contribution in [0.5, 0.6) is 0 Å². The standard InChI is InChI=1S/C12H22N2O2/c1-4-12(2,16-3)11(15)14-7-9-5-13-6-10(9)8-14/h9-10,13H,4-8H2,1-3H3/t9-,10+,12?. The van der Waals surface area contributed by atoms with Gasteiger partial charge < -0.3 is 15.0 Å². The van der Waals surface area contributed by atoms with Gasteiger partial charge in [0.15, 0.2) is 0 Å². The zero-order valence-electron chi connectivity index (χ0n) is 10.5. The van der Waals surface area contributed by atoms with E-state index < -0.39 is 5.60 Å². The molecule has 1 amide bonds. The molecule has 1 unspecified atom stereocenters. The van der Waals surface area contributed by atoms with E-state index in [0.717, 1.165) is 32.6 Å². The molecule has 0 radical (unpaired) electrons. The van der Waals surface area contributed by atoms with Crippen LogP contribution in [-0.4, -0.2) is 49.7 Å². The molecule has 0 saturated carbocycles. The first-order chi connectivity index (χ1) is 7.60. The normalized spacial score (nSPS) is 32.6. The number of amides is 1. The maximum absolute atomic E-state index is 12.3. The van der Waals surface area contributed by atoms with Gasteiger partial charge in [0.25, 0.3) is 5.91 Å². The molecule has 0 aromatic rings. The Bertz CT molecular complexity index is 264. The van der Waals surface area contributed by atoms with E-state index in [4.69, 9.17) is 4.74 Å². The lowest BCUT2D eigenvalue weighted by Gasteiger charge is -2.30. The largest absolute Gasteiger partial charge is 0.369 e. The predicted octanol–water partition coefficient (Wildman–Crippen LogP) is 0.479. The van der Waals surface area contributed by atoms with E-state index in [0.29, 0.717) is 11.8 Å². The Kier molecular flexibility index (Phi) is 3.22. The van der Waals surface area contributed by atoms with Crippen molar-refractivity contribution < 1.29 is 9.53 Å². The number of ether oxygens (including phenoxy) is 1. The third-order valence-corrected chi connectivity index (χ3v) is 4.25. The average molecular weight is 226 g/mol. The van der Waals surface area contributed by atoms with Crippen molar-refractivity contribution in [2.24, 2.45) is 11.8 Å². The summed E-state index contributed by atoms with van der Waals surface area (Å²) < 4.78 is 5.38. The first-order valence-electron chi connectivity index (χ1n) is 6.16. The van der Waals surface area contributed by atoms with Crippen molar-refractivity contribution in [2.75, 3.05) is 33.3 Å². The number of nitrogens with zero attached hydrogens (tertiary/aromatic N) is 1. The molecule has 0 aliphatic carbocycles. The van der Waals surface area contributed by atoms with Crippen LogP contribution in [0, 0.1) is 11.8 Å². The molecule has 0 aromatic carbocycles. The summed E-state index contributed by atoms with van der Waals surface area (Å²) in [6.45, 7) is 7.81. The Hall–Kier alpha value is -0.610. The molecule has 2 aliphatic heterocycles. The van der Waals surface area contributed by atoms with E-state index in [1.165, 1.54) is 0 Å². The molecule has 2 heterocycles. The molecule has 0 aromatic heterocycles. The fourth-order valence-electron chi connectivity index (χ4n) is 2.74. The van der Waals surface area contributed by atoms with Gasteiger partial charge >= 0.3 is 0 Å². The van der Waals surface area contributed by atoms with Crippen molar-refractivity contribution in [3.05, 3.63) is 0 Å². The van der Waals surface area contributed by atoms with Crippen LogP contribution in [0.4, 0.5) is 0 Å². The number of hydrogen-bond acceptors (Lipinski definition) is 3. The number of rotatable bonds is 3. The third kappa shape index (κ3) is 1.84. The monoisotopic (exact) mass is 226 g/mol. The molecular weight excluding hydrogens is 204 g/mol. The van der Waals surface area contributed by atoms with Gasteiger partial charge in [0.1, 0.15) is 5.60 Å². The maximum atomic E-state index is 12.3. The summed E-state index contributed by atoms with van der Waals surface area (Å²) in [6.07, 6.45) is 0.729. The summed E-state index contributed by atoms with van der Waals surface area (Å²) in [5, 5.41) is 3.38. The maximum Gasteiger partial charge on any atom is 0.254 e. The molecule has 16 heavy (non-hydrogen) atoms. The van der Waals surface area contributed by atoms with Gasteiger partial charge in [-0.1, -0.05) is 6.92 Å². The van der Waals surface area contributed by atoms with Crippen molar-refractivity contribution in [3.63, 3.8) is 0 Å². The van der Waals surface area contributed by atoms with Crippen LogP contribution in [-0.2, 0) is 9.53 Å². The Labute approximate surface area is 97.3 Å². The fourth-order valence-corrected chi connectivity index (χ4v) is 2.74. The average Bonchev–Trinajstić information content (AvgIpc) is 2.87. The van der Waals surface area contributed by atoms with Gasteiger partial charge in [0.2, 0.25) is 0 Å². The fraction of sp³-hybridized carbons (Fsp3) is 0.917. The van der Waals surface area contributed by atoms with E-state index in [-0.39, 0.29) is 5.91 Å². The molecule has 4 nitrogen and oxygen atoms in total. The highest BCUT2D eigenvalue weighted by molar-refractivity contribution is 5.85. The van der Waals surface area contributed by atoms with E-state index in [2.05, 4.69) is 5.32 Å². The number of nitrogens with one attached hydrogen (secondary N) is 1. The van der Waals surface area contributed by atoms with E-state index in [9.17, 15) is 4.79 Å². The topological polar surface area (TPSA) is 41.6 Å². The quantitative estimate of drug-likeness (QED) is 0.761. The summed E-state index contributed by atoms with van der Waals surface area (Å²) in [6, 6.07) is 0. The molecule has 0 bridgehead atoms. The number of carbonyl (C=O) groups is 1. The minimum absolute atomic E-state index is 0.159. The minimum atomic E-state index is -0.633. The summed E-state index contributed by atoms with van der Waals surface area (Å²) in [5.74, 6) is 1.47. The van der Waals surface area contributed by atoms with Crippen molar-refractivity contribution >= 4 is 5.91 Å². The Morgan fingerprint density at radius 2 is 2.00 bits per heavy atom. The van der Waals surface area contributed by atoms with Crippen LogP contribution >= 0.6 is 0 Å². The smallest absolute Gasteiger partial charge is 0.254 e. The molecule has 3 atom stereocenters. The van der Waals surface area contributed by atoms with Gasteiger partial charge in [0, 0.05) is 33.3 Å². The first-order valence-corrected chi connectivity index (χ1v) is 6.16. The van der Waals surface area contributed by atoms with Crippen LogP contribution in [0.1, 0.15) is 20.3 Å². The zero-order valence-corrected chi connectivity index (χ0v) is 10.5. The van der Waals surface area contributed by atoms with Crippen molar-refractivity contribution in [1.29, 1.82) is 0 Å². The highest BCUT2D eigenvalue weighted by Crippen LogP contribution is 2.29. The number of hydrogen-bond donors (Lipinski definition) is 1. The van der Waals surface area contributed by atoms with E-state index >= 15 is 0 Å². The second-order valence-corrected chi connectivity index (χ2v) is 5.18. The molecule has 1 N–H and O–H groups in total. The zero-order chi connectivity index (χ0) is 11.8. The molecule has 2 rings (SSSR count). The van der Waals surface area contributed by atoms with Gasteiger partial charge in [-0.25, -0.2) is 0 Å². The lowest BCUT2D eigenvalue weighted by atomic mass is 10.0. The highest BCUT2D eigenvalue weighted by Gasteiger charge is 2.43. The SMILES string of the molecule is CCC(C)(OC)C(=O)N1C[C@H]2CNC[C@H]2C1. The molecule has 2 fully saturated rings. The number of fused-ring (bicyclic) bond motifs is 1. The number of carbonyl (C=O) groups excluding carboxylic acids is 1. The Morgan fingerprint density at radius 3 is 2.44 bits per heavy atom. The van der Waals surface area contributed by atoms with Gasteiger partial charge in [-0.05, 0) is 25.2 Å². The lowest BCUT2D eigenvalue weighted by Crippen LogP contribution is -2.47. The third-order valence-electron chi connectivity index (χ3n) is 4.25. The van der Waals surface area contributed by atoms with Gasteiger partial charge in [-0.15, -0.1) is 0 Å². The Morgan fingerprint density at radius 1 is 1.44 bits per heavy atom. The summed E-state index contributed by atoms with van der Waals surface area (Å²) >= 11 is 0. The van der Waals surface area contributed by atoms with Crippen molar-refractivity contribution in [3.8, 4) is 0 Å². The van der Waals surface area contributed by atoms with Crippen molar-refractivity contribution in [1.82, 2.24) is 10.2 Å². The minimum Gasteiger partial charge on any atom is -0.369 e. The second-order valence-electron chi connectivity index (χ2n) is 5.18. The van der Waals surface area contributed by atoms with Crippen LogP contribution in [0.3, 0.4) is 0 Å². The number of likely N-dealkylation sites (tertiary alicyclic amines) is 1. The second kappa shape index (κ2) is 4.34. The summed E-state index contributed by atoms with van der Waals surface area (Å²) in [7, 11) is 1.62. The van der Waals surface area contributed by atoms with Crippen molar-refractivity contribution in [2.45, 2.75) is 25.9 Å². The van der Waals surface area contributed by atoms with Crippen LogP contribution in [0.25, 0.3) is 0 Å². The van der Waals surface area contributed by atoms with Gasteiger partial charge in [-0.2, -0.15) is 0 Å². The van der Waals surface area contributed by atoms with Crippen LogP contribution in [0.2, 0.25) is 0 Å². The lowest BCUT2D eigenvalue weighted by molar-refractivity contribution is -0.152. The first kappa shape index (κ1) is 11.9. The molecule has 2 aliphatic rings. The molecule has 92 valence electrons. The molecular formula is C12H22N2O2. The number of methoxy groups -OCH3 is 1. The summed E-state index contributed by atoms with van der Waals surface area (Å²) in [5.41, 5.74) is -0.633. The summed E-state index contributed by atoms with van der Waals surface area (Å²) in [4.78, 5) is 14.3. The van der Waals surface area contributed by atoms with Gasteiger partial charge in [0.05, 0.1) is 0 Å². The van der Waals surface area contributed by atoms with E-state index in [1.54, 1.807) is 7.11 Å². The van der Waals surface area contributed by atoms with Crippen LogP contribution < -0.4 is 5.32 Å². The Balaban J connectivity index is 2.01. The highest BCUT2D eigenvalue weighted by atomic mass is 16.5. The van der Waals surface area contributed by atoms with Gasteiger partial charge in [-0.3, -0.25) is 4.79 Å².